The van der Waals surface area contributed by atoms with Gasteiger partial charge in [-0.25, -0.2) is 4.79 Å². The van der Waals surface area contributed by atoms with Crippen LogP contribution in [0.1, 0.15) is 110 Å². The lowest BCUT2D eigenvalue weighted by molar-refractivity contribution is 0.0606. The fourth-order valence-corrected chi connectivity index (χ4v) is 5.44. The van der Waals surface area contributed by atoms with Crippen molar-refractivity contribution >= 4 is 29.5 Å². The van der Waals surface area contributed by atoms with Gasteiger partial charge >= 0.3 is 5.97 Å². The molecule has 1 aromatic heterocycles. The van der Waals surface area contributed by atoms with E-state index in [0.717, 1.165) is 11.3 Å². The Bertz CT molecular complexity index is 946. The Morgan fingerprint density at radius 1 is 1.00 bits per heavy atom. The second-order valence-corrected chi connectivity index (χ2v) is 11.3. The number of unbranched alkanes of at least 4 members (excludes halogenated alkanes) is 3. The molecule has 3 heteroatoms. The number of ether oxygens (including phenoxy) is 1. The quantitative estimate of drug-likeness (QED) is 0.307. The molecule has 0 bridgehead atoms. The summed E-state index contributed by atoms with van der Waals surface area (Å²) < 4.78 is 4.85. The number of benzene rings is 1. The van der Waals surface area contributed by atoms with Crippen molar-refractivity contribution in [1.82, 2.24) is 0 Å². The number of carbonyl (C=O) groups excluding carboxylic acids is 1. The average Bonchev–Trinajstić information content (AvgIpc) is 3.21. The monoisotopic (exact) mass is 438 g/mol. The summed E-state index contributed by atoms with van der Waals surface area (Å²) in [5.74, 6) is -0.265. The fraction of sp³-hybridized carbons (Fsp3) is 0.536. The lowest BCUT2D eigenvalue weighted by Crippen LogP contribution is -2.34. The zero-order valence-corrected chi connectivity index (χ0v) is 21.0. The van der Waals surface area contributed by atoms with E-state index in [1.807, 2.05) is 12.1 Å². The molecule has 168 valence electrons. The van der Waals surface area contributed by atoms with E-state index in [-0.39, 0.29) is 16.8 Å². The van der Waals surface area contributed by atoms with Crippen LogP contribution in [0.15, 0.2) is 24.3 Å². The lowest BCUT2D eigenvalue weighted by atomic mass is 9.62. The van der Waals surface area contributed by atoms with Gasteiger partial charge in [0, 0.05) is 4.88 Å². The van der Waals surface area contributed by atoms with E-state index < -0.39 is 0 Å². The molecule has 0 fully saturated rings. The Morgan fingerprint density at radius 3 is 2.32 bits per heavy atom. The molecule has 3 rings (SSSR count). The Labute approximate surface area is 192 Å². The van der Waals surface area contributed by atoms with Gasteiger partial charge in [-0.2, -0.15) is 0 Å². The number of esters is 1. The van der Waals surface area contributed by atoms with Gasteiger partial charge in [-0.3, -0.25) is 0 Å². The molecule has 0 atom stereocenters. The van der Waals surface area contributed by atoms with E-state index in [4.69, 9.17) is 4.74 Å². The number of hydrogen-bond acceptors (Lipinski definition) is 3. The SMILES string of the molecule is CCCCCCc1cc2c(cc1/C=C/c1ccc(C(=O)OC)s1)C(C)(C)CCC2(C)C. The molecule has 2 nitrogen and oxygen atoms in total. The van der Waals surface area contributed by atoms with Gasteiger partial charge in [0.2, 0.25) is 0 Å². The molecule has 0 radical (unpaired) electrons. The summed E-state index contributed by atoms with van der Waals surface area (Å²) in [7, 11) is 1.43. The minimum atomic E-state index is -0.265. The molecule has 0 spiro atoms. The van der Waals surface area contributed by atoms with E-state index in [2.05, 4.69) is 58.9 Å². The van der Waals surface area contributed by atoms with Gasteiger partial charge < -0.3 is 4.74 Å². The van der Waals surface area contributed by atoms with Crippen LogP contribution in [0.25, 0.3) is 12.2 Å². The first-order chi connectivity index (χ1) is 14.7. The highest BCUT2D eigenvalue weighted by atomic mass is 32.1. The normalized spacial score (nSPS) is 17.0. The molecule has 0 N–H and O–H groups in total. The first-order valence-electron chi connectivity index (χ1n) is 11.7. The Hall–Kier alpha value is -1.87. The topological polar surface area (TPSA) is 26.3 Å². The third-order valence-electron chi connectivity index (χ3n) is 6.85. The molecule has 0 amide bonds. The van der Waals surface area contributed by atoms with Crippen molar-refractivity contribution < 1.29 is 9.53 Å². The summed E-state index contributed by atoms with van der Waals surface area (Å²) in [6, 6.07) is 8.81. The van der Waals surface area contributed by atoms with Gasteiger partial charge in [-0.1, -0.05) is 72.1 Å². The smallest absolute Gasteiger partial charge is 0.348 e. The van der Waals surface area contributed by atoms with Crippen LogP contribution in [0, 0.1) is 0 Å². The molecule has 1 aromatic carbocycles. The van der Waals surface area contributed by atoms with Crippen molar-refractivity contribution in [3.63, 3.8) is 0 Å². The highest BCUT2D eigenvalue weighted by Gasteiger charge is 2.37. The van der Waals surface area contributed by atoms with Gasteiger partial charge in [0.25, 0.3) is 0 Å². The van der Waals surface area contributed by atoms with Crippen molar-refractivity contribution in [3.8, 4) is 0 Å². The summed E-state index contributed by atoms with van der Waals surface area (Å²) in [4.78, 5) is 13.5. The maximum absolute atomic E-state index is 11.8. The number of fused-ring (bicyclic) bond motifs is 1. The zero-order valence-electron chi connectivity index (χ0n) is 20.1. The molecular weight excluding hydrogens is 400 g/mol. The van der Waals surface area contributed by atoms with Crippen LogP contribution in [-0.4, -0.2) is 13.1 Å². The molecule has 1 aliphatic rings. The highest BCUT2D eigenvalue weighted by molar-refractivity contribution is 7.14. The number of methoxy groups -OCH3 is 1. The Kier molecular flexibility index (Phi) is 7.47. The van der Waals surface area contributed by atoms with E-state index in [1.54, 1.807) is 0 Å². The predicted octanol–water partition coefficient (Wildman–Crippen LogP) is 8.18. The van der Waals surface area contributed by atoms with Gasteiger partial charge in [-0.05, 0) is 77.0 Å². The van der Waals surface area contributed by atoms with Gasteiger partial charge in [0.15, 0.2) is 0 Å². The first kappa shape index (κ1) is 23.8. The van der Waals surface area contributed by atoms with Crippen molar-refractivity contribution in [2.75, 3.05) is 7.11 Å². The molecule has 0 unspecified atom stereocenters. The molecular formula is C28H38O2S. The van der Waals surface area contributed by atoms with Crippen LogP contribution in [0.4, 0.5) is 0 Å². The summed E-state index contributed by atoms with van der Waals surface area (Å²) in [5, 5.41) is 0. The highest BCUT2D eigenvalue weighted by Crippen LogP contribution is 2.47. The average molecular weight is 439 g/mol. The lowest BCUT2D eigenvalue weighted by Gasteiger charge is -2.42. The predicted molar refractivity (Wildman–Crippen MR) is 134 cm³/mol. The second kappa shape index (κ2) is 9.73. The third kappa shape index (κ3) is 5.49. The first-order valence-corrected chi connectivity index (χ1v) is 12.5. The largest absolute Gasteiger partial charge is 0.465 e. The standard InChI is InChI=1S/C28H38O2S/c1-7-8-9-10-11-20-18-23-24(28(4,5)17-16-27(23,2)3)19-21(20)12-13-22-14-15-25(31-22)26(29)30-6/h12-15,18-19H,7-11,16-17H2,1-6H3/b13-12+. The van der Waals surface area contributed by atoms with Crippen LogP contribution in [0.2, 0.25) is 0 Å². The minimum Gasteiger partial charge on any atom is -0.465 e. The van der Waals surface area contributed by atoms with E-state index >= 15 is 0 Å². The molecule has 2 aromatic rings. The molecule has 0 saturated heterocycles. The maximum atomic E-state index is 11.8. The van der Waals surface area contributed by atoms with E-state index in [0.29, 0.717) is 4.88 Å². The maximum Gasteiger partial charge on any atom is 0.348 e. The van der Waals surface area contributed by atoms with Gasteiger partial charge in [-0.15, -0.1) is 11.3 Å². The summed E-state index contributed by atoms with van der Waals surface area (Å²) in [5.41, 5.74) is 6.26. The second-order valence-electron chi connectivity index (χ2n) is 10.2. The van der Waals surface area contributed by atoms with Crippen LogP contribution in [0.5, 0.6) is 0 Å². The van der Waals surface area contributed by atoms with E-state index in [9.17, 15) is 4.79 Å². The van der Waals surface area contributed by atoms with E-state index in [1.165, 1.54) is 79.2 Å². The van der Waals surface area contributed by atoms with Crippen LogP contribution >= 0.6 is 11.3 Å². The minimum absolute atomic E-state index is 0.204. The molecule has 31 heavy (non-hydrogen) atoms. The van der Waals surface area contributed by atoms with Crippen LogP contribution in [-0.2, 0) is 22.0 Å². The van der Waals surface area contributed by atoms with Crippen molar-refractivity contribution in [2.24, 2.45) is 0 Å². The van der Waals surface area contributed by atoms with Crippen LogP contribution in [0.3, 0.4) is 0 Å². The molecule has 1 heterocycles. The number of rotatable bonds is 8. The molecule has 0 aliphatic heterocycles. The zero-order chi connectivity index (χ0) is 22.6. The summed E-state index contributed by atoms with van der Waals surface area (Å²) >= 11 is 1.48. The Balaban J connectivity index is 1.98. The van der Waals surface area contributed by atoms with Crippen molar-refractivity contribution in [3.05, 3.63) is 56.3 Å². The van der Waals surface area contributed by atoms with Gasteiger partial charge in [0.1, 0.15) is 4.88 Å². The van der Waals surface area contributed by atoms with Crippen LogP contribution < -0.4 is 0 Å². The summed E-state index contributed by atoms with van der Waals surface area (Å²) in [6.45, 7) is 11.8. The third-order valence-corrected chi connectivity index (χ3v) is 7.88. The van der Waals surface area contributed by atoms with Gasteiger partial charge in [0.05, 0.1) is 7.11 Å². The number of hydrogen-bond donors (Lipinski definition) is 0. The molecule has 0 saturated carbocycles. The molecule has 1 aliphatic carbocycles. The Morgan fingerprint density at radius 2 is 1.68 bits per heavy atom. The fourth-order valence-electron chi connectivity index (χ4n) is 4.61. The van der Waals surface area contributed by atoms with Crippen molar-refractivity contribution in [1.29, 1.82) is 0 Å². The van der Waals surface area contributed by atoms with Crippen molar-refractivity contribution in [2.45, 2.75) is 90.4 Å². The summed E-state index contributed by atoms with van der Waals surface area (Å²) in [6.07, 6.45) is 13.1. The number of thiophene rings is 1. The number of aryl methyl sites for hydroxylation is 1. The number of carbonyl (C=O) groups is 1.